The summed E-state index contributed by atoms with van der Waals surface area (Å²) in [7, 11) is 0. The van der Waals surface area contributed by atoms with Crippen LogP contribution in [0.15, 0.2) is 0 Å². The molecule has 4 saturated heterocycles. The maximum Gasteiger partial charge on any atom is 0.0591 e. The van der Waals surface area contributed by atoms with Gasteiger partial charge in [0.2, 0.25) is 0 Å². The van der Waals surface area contributed by atoms with Crippen molar-refractivity contribution in [2.24, 2.45) is 0 Å². The smallest absolute Gasteiger partial charge is 0.0591 e. The van der Waals surface area contributed by atoms with Crippen LogP contribution in [0.4, 0.5) is 0 Å². The van der Waals surface area contributed by atoms with Gasteiger partial charge in [-0.2, -0.15) is 0 Å². The van der Waals surface area contributed by atoms with E-state index in [1.165, 1.54) is 32.4 Å². The Bertz CT molecular complexity index is 135. The van der Waals surface area contributed by atoms with Gasteiger partial charge in [-0.1, -0.05) is 6.42 Å². The van der Waals surface area contributed by atoms with Crippen molar-refractivity contribution in [1.29, 1.82) is 0 Å². The third-order valence-corrected chi connectivity index (χ3v) is 3.97. The average Bonchev–Trinajstić information content (AvgIpc) is 2.75. The summed E-state index contributed by atoms with van der Waals surface area (Å²) in [6.07, 6.45) is 4.22. The summed E-state index contributed by atoms with van der Waals surface area (Å²) in [5, 5.41) is 19.3. The summed E-state index contributed by atoms with van der Waals surface area (Å²) in [5.74, 6) is 0. The van der Waals surface area contributed by atoms with Crippen LogP contribution < -0.4 is 31.9 Å². The van der Waals surface area contributed by atoms with Gasteiger partial charge in [0, 0.05) is 65.4 Å². The molecule has 4 aliphatic heterocycles. The summed E-state index contributed by atoms with van der Waals surface area (Å²) in [4.78, 5) is 0. The van der Waals surface area contributed by atoms with Crippen LogP contribution >= 0.6 is 0 Å². The van der Waals surface area contributed by atoms with Crippen molar-refractivity contribution in [3.63, 3.8) is 0 Å². The molecule has 0 unspecified atom stereocenters. The molecule has 0 aromatic carbocycles. The summed E-state index contributed by atoms with van der Waals surface area (Å²) < 4.78 is 5.01. The third-order valence-electron chi connectivity index (χ3n) is 3.97. The second-order valence-electron chi connectivity index (χ2n) is 6.17. The highest BCUT2D eigenvalue weighted by atomic mass is 16.5. The molecule has 4 aliphatic rings. The minimum Gasteiger partial charge on any atom is -0.379 e. The van der Waals surface area contributed by atoms with Crippen LogP contribution in [0.1, 0.15) is 19.3 Å². The maximum absolute atomic E-state index is 5.01. The number of hydrogen-bond acceptors (Lipinski definition) is 7. The van der Waals surface area contributed by atoms with E-state index in [4.69, 9.17) is 4.74 Å². The lowest BCUT2D eigenvalue weighted by atomic mass is 10.2. The van der Waals surface area contributed by atoms with Crippen LogP contribution in [0, 0.1) is 0 Å². The molecule has 144 valence electrons. The number of rotatable bonds is 0. The first kappa shape index (κ1) is 21.8. The molecular weight excluding hydrogens is 304 g/mol. The van der Waals surface area contributed by atoms with Crippen LogP contribution in [0.3, 0.4) is 0 Å². The number of ether oxygens (including phenoxy) is 1. The molecule has 6 N–H and O–H groups in total. The first-order chi connectivity index (χ1) is 12.0. The summed E-state index contributed by atoms with van der Waals surface area (Å²) >= 11 is 0. The van der Waals surface area contributed by atoms with E-state index in [-0.39, 0.29) is 0 Å². The van der Waals surface area contributed by atoms with Gasteiger partial charge in [0.15, 0.2) is 0 Å². The molecule has 0 spiro atoms. The number of morpholine rings is 1. The second kappa shape index (κ2) is 19.1. The largest absolute Gasteiger partial charge is 0.379 e. The highest BCUT2D eigenvalue weighted by Crippen LogP contribution is 1.96. The molecule has 7 heteroatoms. The molecule has 0 aromatic rings. The molecule has 4 fully saturated rings. The molecule has 24 heavy (non-hydrogen) atoms. The molecule has 0 bridgehead atoms. The van der Waals surface area contributed by atoms with Gasteiger partial charge in [0.05, 0.1) is 13.2 Å². The average molecular weight is 345 g/mol. The SMILES string of the molecule is C1CCNCC1.C1CNCCN1.C1CNCCN1.C1COCCN1. The molecule has 0 aromatic heterocycles. The number of piperazine rings is 2. The fourth-order valence-corrected chi connectivity index (χ4v) is 2.52. The topological polar surface area (TPSA) is 81.4 Å². The summed E-state index contributed by atoms with van der Waals surface area (Å²) in [6.45, 7) is 15.4. The zero-order chi connectivity index (χ0) is 17.0. The Kier molecular flexibility index (Phi) is 17.3. The predicted molar refractivity (Wildman–Crippen MR) is 102 cm³/mol. The van der Waals surface area contributed by atoms with Crippen molar-refractivity contribution in [1.82, 2.24) is 31.9 Å². The lowest BCUT2D eigenvalue weighted by Gasteiger charge is -2.11. The van der Waals surface area contributed by atoms with Gasteiger partial charge in [-0.25, -0.2) is 0 Å². The Morgan fingerprint density at radius 3 is 0.792 bits per heavy atom. The lowest BCUT2D eigenvalue weighted by Crippen LogP contribution is -2.39. The van der Waals surface area contributed by atoms with E-state index in [9.17, 15) is 0 Å². The van der Waals surface area contributed by atoms with E-state index < -0.39 is 0 Å². The van der Waals surface area contributed by atoms with Crippen LogP contribution in [-0.2, 0) is 4.74 Å². The second-order valence-corrected chi connectivity index (χ2v) is 6.17. The summed E-state index contributed by atoms with van der Waals surface area (Å²) in [5.41, 5.74) is 0. The number of hydrogen-bond donors (Lipinski definition) is 6. The van der Waals surface area contributed by atoms with Gasteiger partial charge in [-0.05, 0) is 25.9 Å². The quantitative estimate of drug-likeness (QED) is 0.327. The van der Waals surface area contributed by atoms with Crippen molar-refractivity contribution >= 4 is 0 Å². The third kappa shape index (κ3) is 16.6. The van der Waals surface area contributed by atoms with E-state index in [1.54, 1.807) is 0 Å². The van der Waals surface area contributed by atoms with Gasteiger partial charge in [-0.3, -0.25) is 0 Å². The van der Waals surface area contributed by atoms with Crippen LogP contribution in [0.2, 0.25) is 0 Å². The fourth-order valence-electron chi connectivity index (χ4n) is 2.52. The predicted octanol–water partition coefficient (Wildman–Crippen LogP) is -1.28. The Balaban J connectivity index is 0.000000160. The number of nitrogens with one attached hydrogen (secondary N) is 6. The normalized spacial score (nSPS) is 24.0. The maximum atomic E-state index is 5.01. The van der Waals surface area contributed by atoms with Gasteiger partial charge in [0.25, 0.3) is 0 Å². The van der Waals surface area contributed by atoms with Crippen molar-refractivity contribution in [2.45, 2.75) is 19.3 Å². The van der Waals surface area contributed by atoms with Crippen molar-refractivity contribution in [3.05, 3.63) is 0 Å². The zero-order valence-electron chi connectivity index (χ0n) is 15.4. The van der Waals surface area contributed by atoms with Crippen molar-refractivity contribution in [2.75, 3.05) is 91.8 Å². The first-order valence-corrected chi connectivity index (χ1v) is 9.82. The van der Waals surface area contributed by atoms with E-state index in [0.29, 0.717) is 0 Å². The van der Waals surface area contributed by atoms with E-state index in [2.05, 4.69) is 31.9 Å². The van der Waals surface area contributed by atoms with Gasteiger partial charge < -0.3 is 36.6 Å². The Hall–Kier alpha value is -0.280. The van der Waals surface area contributed by atoms with Crippen molar-refractivity contribution in [3.8, 4) is 0 Å². The van der Waals surface area contributed by atoms with Crippen molar-refractivity contribution < 1.29 is 4.74 Å². The minimum atomic E-state index is 0.889. The van der Waals surface area contributed by atoms with Crippen LogP contribution in [0.5, 0.6) is 0 Å². The number of piperidine rings is 1. The molecule has 0 atom stereocenters. The van der Waals surface area contributed by atoms with E-state index in [0.717, 1.165) is 78.7 Å². The monoisotopic (exact) mass is 344 g/mol. The van der Waals surface area contributed by atoms with Crippen LogP contribution in [0.25, 0.3) is 0 Å². The molecule has 0 amide bonds. The molecule has 4 heterocycles. The molecule has 0 aliphatic carbocycles. The van der Waals surface area contributed by atoms with E-state index in [1.807, 2.05) is 0 Å². The standard InChI is InChI=1S/C5H11N.2C4H10N2.C4H9NO/c1-2-4-6-5-3-1;2*1-2-6-4-3-5-1;1-3-6-4-2-5-1/h6H,1-5H2;2*5-6H,1-4H2;5H,1-4H2. The van der Waals surface area contributed by atoms with Gasteiger partial charge in [0.1, 0.15) is 0 Å². The Morgan fingerprint density at radius 2 is 0.667 bits per heavy atom. The molecule has 4 rings (SSSR count). The van der Waals surface area contributed by atoms with Gasteiger partial charge >= 0.3 is 0 Å². The summed E-state index contributed by atoms with van der Waals surface area (Å²) in [6, 6.07) is 0. The minimum absolute atomic E-state index is 0.889. The van der Waals surface area contributed by atoms with E-state index >= 15 is 0 Å². The Morgan fingerprint density at radius 1 is 0.333 bits per heavy atom. The first-order valence-electron chi connectivity index (χ1n) is 9.82. The fraction of sp³-hybridized carbons (Fsp3) is 1.00. The molecule has 7 nitrogen and oxygen atoms in total. The highest BCUT2D eigenvalue weighted by Gasteiger charge is 1.94. The zero-order valence-corrected chi connectivity index (χ0v) is 15.4. The molecule has 0 saturated carbocycles. The molecular formula is C17H40N6O. The Labute approximate surface area is 148 Å². The molecule has 0 radical (unpaired) electrons. The van der Waals surface area contributed by atoms with Gasteiger partial charge in [-0.15, -0.1) is 0 Å². The lowest BCUT2D eigenvalue weighted by molar-refractivity contribution is 0.109. The highest BCUT2D eigenvalue weighted by molar-refractivity contribution is 4.59. The van der Waals surface area contributed by atoms with Crippen LogP contribution in [-0.4, -0.2) is 91.8 Å².